The number of sulfonamides is 1. The largest absolute Gasteiger partial charge is 0.377 e. The van der Waals surface area contributed by atoms with Gasteiger partial charge in [0.2, 0.25) is 10.0 Å². The van der Waals surface area contributed by atoms with Gasteiger partial charge < -0.3 is 10.2 Å². The number of allylic oxidation sites excluding steroid dienone is 1. The van der Waals surface area contributed by atoms with Crippen molar-refractivity contribution in [1.29, 1.82) is 0 Å². The molecule has 1 aliphatic carbocycles. The van der Waals surface area contributed by atoms with E-state index in [0.717, 1.165) is 42.7 Å². The van der Waals surface area contributed by atoms with E-state index in [4.69, 9.17) is 0 Å². The molecular formula is C16H23N3O2S. The zero-order valence-electron chi connectivity index (χ0n) is 13.2. The summed E-state index contributed by atoms with van der Waals surface area (Å²) in [4.78, 5) is 2.54. The summed E-state index contributed by atoms with van der Waals surface area (Å²) in [6.07, 6.45) is 3.56. The predicted octanol–water partition coefficient (Wildman–Crippen LogP) is 1.27. The molecule has 1 N–H and O–H groups in total. The molecule has 3 rings (SSSR count). The molecule has 0 atom stereocenters. The van der Waals surface area contributed by atoms with Gasteiger partial charge in [-0.3, -0.25) is 0 Å². The number of anilines is 1. The number of rotatable bonds is 3. The SMILES string of the molecule is CN(C)c1cccc2c1CCC=C2S(=O)(=O)N1CCNCC1. The number of nitrogens with zero attached hydrogens (tertiary/aromatic N) is 2. The van der Waals surface area contributed by atoms with Crippen LogP contribution in [0.15, 0.2) is 24.3 Å². The van der Waals surface area contributed by atoms with Crippen molar-refractivity contribution in [3.8, 4) is 0 Å². The molecule has 0 amide bonds. The van der Waals surface area contributed by atoms with Crippen molar-refractivity contribution in [2.24, 2.45) is 0 Å². The van der Waals surface area contributed by atoms with Gasteiger partial charge in [0.25, 0.3) is 0 Å². The Morgan fingerprint density at radius 2 is 1.91 bits per heavy atom. The summed E-state index contributed by atoms with van der Waals surface area (Å²) in [6, 6.07) is 5.94. The average molecular weight is 321 g/mol. The smallest absolute Gasteiger partial charge is 0.243 e. The maximum absolute atomic E-state index is 13.0. The molecule has 5 nitrogen and oxygen atoms in total. The van der Waals surface area contributed by atoms with Gasteiger partial charge in [-0.2, -0.15) is 4.31 Å². The molecule has 1 aromatic rings. The summed E-state index contributed by atoms with van der Waals surface area (Å²) in [6.45, 7) is 2.53. The van der Waals surface area contributed by atoms with Gasteiger partial charge in [0.1, 0.15) is 0 Å². The lowest BCUT2D eigenvalue weighted by atomic mass is 9.95. The number of piperazine rings is 1. The lowest BCUT2D eigenvalue weighted by Crippen LogP contribution is -2.46. The van der Waals surface area contributed by atoms with Gasteiger partial charge in [-0.15, -0.1) is 0 Å². The van der Waals surface area contributed by atoms with Crippen LogP contribution in [0.3, 0.4) is 0 Å². The molecule has 1 fully saturated rings. The molecule has 1 aromatic carbocycles. The van der Waals surface area contributed by atoms with Gasteiger partial charge in [0.15, 0.2) is 0 Å². The Morgan fingerprint density at radius 3 is 2.59 bits per heavy atom. The van der Waals surface area contributed by atoms with Crippen LogP contribution in [0.1, 0.15) is 17.5 Å². The van der Waals surface area contributed by atoms with Gasteiger partial charge in [-0.1, -0.05) is 18.2 Å². The van der Waals surface area contributed by atoms with E-state index < -0.39 is 10.0 Å². The van der Waals surface area contributed by atoms with Crippen LogP contribution < -0.4 is 10.2 Å². The highest BCUT2D eigenvalue weighted by atomic mass is 32.2. The van der Waals surface area contributed by atoms with E-state index in [1.54, 1.807) is 4.31 Å². The fourth-order valence-corrected chi connectivity index (χ4v) is 4.95. The molecule has 6 heteroatoms. The molecule has 0 unspecified atom stereocenters. The van der Waals surface area contributed by atoms with Crippen LogP contribution >= 0.6 is 0 Å². The van der Waals surface area contributed by atoms with Gasteiger partial charge >= 0.3 is 0 Å². The van der Waals surface area contributed by atoms with Gasteiger partial charge in [-0.05, 0) is 30.0 Å². The number of hydrogen-bond acceptors (Lipinski definition) is 4. The Hall–Kier alpha value is -1.37. The van der Waals surface area contributed by atoms with Crippen molar-refractivity contribution in [3.63, 3.8) is 0 Å². The molecule has 2 aliphatic rings. The first kappa shape index (κ1) is 15.5. The molecule has 1 heterocycles. The van der Waals surface area contributed by atoms with E-state index in [1.807, 2.05) is 32.3 Å². The third-order valence-electron chi connectivity index (χ3n) is 4.32. The molecule has 0 saturated carbocycles. The number of nitrogens with one attached hydrogen (secondary N) is 1. The summed E-state index contributed by atoms with van der Waals surface area (Å²) in [5.41, 5.74) is 3.12. The van der Waals surface area contributed by atoms with E-state index in [0.29, 0.717) is 18.0 Å². The second-order valence-corrected chi connectivity index (χ2v) is 7.87. The van der Waals surface area contributed by atoms with Gasteiger partial charge in [0, 0.05) is 46.0 Å². The number of fused-ring (bicyclic) bond motifs is 1. The summed E-state index contributed by atoms with van der Waals surface area (Å²) in [5.74, 6) is 0. The zero-order valence-corrected chi connectivity index (χ0v) is 14.0. The zero-order chi connectivity index (χ0) is 15.7. The standard InChI is InChI=1S/C16H23N3O2S/c1-18(2)15-7-3-6-14-13(15)5-4-8-16(14)22(20,21)19-11-9-17-10-12-19/h3,6-8,17H,4-5,9-12H2,1-2H3. The molecule has 1 aliphatic heterocycles. The van der Waals surface area contributed by atoms with Crippen molar-refractivity contribution in [2.75, 3.05) is 45.2 Å². The van der Waals surface area contributed by atoms with E-state index in [2.05, 4.69) is 16.3 Å². The third kappa shape index (κ3) is 2.66. The van der Waals surface area contributed by atoms with Crippen LogP contribution in [0.25, 0.3) is 4.91 Å². The first-order valence-electron chi connectivity index (χ1n) is 7.72. The molecule has 1 saturated heterocycles. The Kier molecular flexibility index (Phi) is 4.25. The highest BCUT2D eigenvalue weighted by Crippen LogP contribution is 2.36. The molecule has 0 spiro atoms. The second-order valence-electron chi connectivity index (χ2n) is 5.96. The molecule has 22 heavy (non-hydrogen) atoms. The highest BCUT2D eigenvalue weighted by molar-refractivity contribution is 7.98. The predicted molar refractivity (Wildman–Crippen MR) is 90.4 cm³/mol. The highest BCUT2D eigenvalue weighted by Gasteiger charge is 2.31. The van der Waals surface area contributed by atoms with Gasteiger partial charge in [-0.25, -0.2) is 8.42 Å². The first-order chi connectivity index (χ1) is 10.5. The maximum Gasteiger partial charge on any atom is 0.243 e. The Balaban J connectivity index is 2.04. The van der Waals surface area contributed by atoms with Crippen molar-refractivity contribution in [1.82, 2.24) is 9.62 Å². The Labute approximate surface area is 132 Å². The van der Waals surface area contributed by atoms with E-state index in [9.17, 15) is 8.42 Å². The number of benzene rings is 1. The second kappa shape index (κ2) is 6.02. The Bertz CT molecular complexity index is 689. The quantitative estimate of drug-likeness (QED) is 0.911. The van der Waals surface area contributed by atoms with Crippen molar-refractivity contribution in [2.45, 2.75) is 12.8 Å². The normalized spacial score (nSPS) is 19.5. The minimum Gasteiger partial charge on any atom is -0.377 e. The minimum absolute atomic E-state index is 0.486. The summed E-state index contributed by atoms with van der Waals surface area (Å²) >= 11 is 0. The molecule has 120 valence electrons. The van der Waals surface area contributed by atoms with Crippen molar-refractivity contribution >= 4 is 20.6 Å². The average Bonchev–Trinajstić information content (AvgIpc) is 2.54. The van der Waals surface area contributed by atoms with E-state index in [1.165, 1.54) is 0 Å². The fraction of sp³-hybridized carbons (Fsp3) is 0.500. The van der Waals surface area contributed by atoms with E-state index >= 15 is 0 Å². The van der Waals surface area contributed by atoms with E-state index in [-0.39, 0.29) is 0 Å². The molecular weight excluding hydrogens is 298 g/mol. The van der Waals surface area contributed by atoms with Crippen LogP contribution in [0.2, 0.25) is 0 Å². The lowest BCUT2D eigenvalue weighted by molar-refractivity contribution is 0.365. The summed E-state index contributed by atoms with van der Waals surface area (Å²) in [7, 11) is 0.592. The van der Waals surface area contributed by atoms with Crippen LogP contribution in [0.4, 0.5) is 5.69 Å². The summed E-state index contributed by atoms with van der Waals surface area (Å²) < 4.78 is 27.6. The van der Waals surface area contributed by atoms with Crippen LogP contribution in [0, 0.1) is 0 Å². The third-order valence-corrected chi connectivity index (χ3v) is 6.30. The fourth-order valence-electron chi connectivity index (χ4n) is 3.21. The van der Waals surface area contributed by atoms with Crippen molar-refractivity contribution in [3.05, 3.63) is 35.4 Å². The van der Waals surface area contributed by atoms with Gasteiger partial charge in [0.05, 0.1) is 4.91 Å². The topological polar surface area (TPSA) is 52.7 Å². The minimum atomic E-state index is -3.41. The molecule has 0 radical (unpaired) electrons. The monoisotopic (exact) mass is 321 g/mol. The lowest BCUT2D eigenvalue weighted by Gasteiger charge is -2.30. The molecule has 0 bridgehead atoms. The number of hydrogen-bond donors (Lipinski definition) is 1. The van der Waals surface area contributed by atoms with Crippen LogP contribution in [0.5, 0.6) is 0 Å². The molecule has 0 aromatic heterocycles. The van der Waals surface area contributed by atoms with Crippen LogP contribution in [-0.2, 0) is 16.4 Å². The summed E-state index contributed by atoms with van der Waals surface area (Å²) in [5, 5.41) is 3.20. The Morgan fingerprint density at radius 1 is 1.18 bits per heavy atom. The first-order valence-corrected chi connectivity index (χ1v) is 9.16. The maximum atomic E-state index is 13.0. The van der Waals surface area contributed by atoms with Crippen LogP contribution in [-0.4, -0.2) is 53.0 Å². The van der Waals surface area contributed by atoms with Crippen molar-refractivity contribution < 1.29 is 8.42 Å².